The van der Waals surface area contributed by atoms with Crippen molar-refractivity contribution >= 4 is 17.6 Å². The zero-order valence-corrected chi connectivity index (χ0v) is 12.3. The molecule has 0 saturated heterocycles. The number of fused-ring (bicyclic) bond motifs is 1. The lowest BCUT2D eigenvalue weighted by molar-refractivity contribution is -0.138. The molecule has 1 amide bonds. The van der Waals surface area contributed by atoms with Crippen LogP contribution in [0.15, 0.2) is 24.3 Å². The topological polar surface area (TPSA) is 83.6 Å². The summed E-state index contributed by atoms with van der Waals surface area (Å²) in [6, 6.07) is 7.25. The van der Waals surface area contributed by atoms with Gasteiger partial charge in [-0.25, -0.2) is 0 Å². The molecule has 5 nitrogen and oxygen atoms in total. The first-order valence-electron chi connectivity index (χ1n) is 7.36. The standard InChI is InChI=1S/C16H22N2O3/c1-11(8-9-17)6-7-15(19)18-10-13(16(20)21)12-4-2-3-5-14(12)18/h2-5,11,13H,6-10,17H2,1H3,(H,20,21). The van der Waals surface area contributed by atoms with Gasteiger partial charge < -0.3 is 15.7 Å². The lowest BCUT2D eigenvalue weighted by Crippen LogP contribution is -2.31. The number of amides is 1. The summed E-state index contributed by atoms with van der Waals surface area (Å²) in [6.45, 7) is 2.94. The molecule has 0 aliphatic carbocycles. The Morgan fingerprint density at radius 2 is 2.10 bits per heavy atom. The first-order valence-corrected chi connectivity index (χ1v) is 7.36. The zero-order valence-electron chi connectivity index (χ0n) is 12.3. The molecule has 0 bridgehead atoms. The van der Waals surface area contributed by atoms with Crippen LogP contribution in [0.5, 0.6) is 0 Å². The van der Waals surface area contributed by atoms with Crippen LogP contribution < -0.4 is 10.6 Å². The first kappa shape index (κ1) is 15.5. The summed E-state index contributed by atoms with van der Waals surface area (Å²) >= 11 is 0. The number of carbonyl (C=O) groups excluding carboxylic acids is 1. The highest BCUT2D eigenvalue weighted by Gasteiger charge is 2.35. The minimum absolute atomic E-state index is 0.00456. The van der Waals surface area contributed by atoms with Crippen molar-refractivity contribution in [2.24, 2.45) is 11.7 Å². The van der Waals surface area contributed by atoms with E-state index >= 15 is 0 Å². The van der Waals surface area contributed by atoms with Gasteiger partial charge in [-0.3, -0.25) is 9.59 Å². The van der Waals surface area contributed by atoms with Crippen molar-refractivity contribution in [3.63, 3.8) is 0 Å². The number of hydrogen-bond acceptors (Lipinski definition) is 3. The summed E-state index contributed by atoms with van der Waals surface area (Å²) in [5.41, 5.74) is 6.98. The van der Waals surface area contributed by atoms with Crippen molar-refractivity contribution in [2.45, 2.75) is 32.1 Å². The fourth-order valence-corrected chi connectivity index (χ4v) is 2.79. The normalized spacial score (nSPS) is 18.4. The van der Waals surface area contributed by atoms with Gasteiger partial charge in [-0.15, -0.1) is 0 Å². The zero-order chi connectivity index (χ0) is 15.4. The largest absolute Gasteiger partial charge is 0.481 e. The minimum Gasteiger partial charge on any atom is -0.481 e. The Hall–Kier alpha value is -1.88. The molecule has 2 unspecified atom stereocenters. The number of carboxylic acids is 1. The summed E-state index contributed by atoms with van der Waals surface area (Å²) in [5, 5.41) is 9.30. The Labute approximate surface area is 124 Å². The highest BCUT2D eigenvalue weighted by Crippen LogP contribution is 2.36. The second kappa shape index (κ2) is 6.72. The highest BCUT2D eigenvalue weighted by atomic mass is 16.4. The molecule has 0 saturated carbocycles. The molecule has 1 aliphatic heterocycles. The Bertz CT molecular complexity index is 530. The summed E-state index contributed by atoms with van der Waals surface area (Å²) in [4.78, 5) is 25.3. The number of hydrogen-bond donors (Lipinski definition) is 2. The second-order valence-corrected chi connectivity index (χ2v) is 5.68. The summed E-state index contributed by atoms with van der Waals surface area (Å²) in [5.74, 6) is -1.09. The number of rotatable bonds is 6. The predicted molar refractivity (Wildman–Crippen MR) is 81.2 cm³/mol. The van der Waals surface area contributed by atoms with E-state index < -0.39 is 11.9 Å². The van der Waals surface area contributed by atoms with Gasteiger partial charge in [0.25, 0.3) is 0 Å². The van der Waals surface area contributed by atoms with Crippen molar-refractivity contribution in [3.8, 4) is 0 Å². The van der Waals surface area contributed by atoms with E-state index in [1.807, 2.05) is 18.2 Å². The van der Waals surface area contributed by atoms with E-state index in [2.05, 4.69) is 6.92 Å². The van der Waals surface area contributed by atoms with Gasteiger partial charge in [0.2, 0.25) is 5.91 Å². The third kappa shape index (κ3) is 3.42. The average Bonchev–Trinajstić information content (AvgIpc) is 2.85. The van der Waals surface area contributed by atoms with E-state index in [4.69, 9.17) is 5.73 Å². The second-order valence-electron chi connectivity index (χ2n) is 5.68. The number of carboxylic acid groups (broad SMARTS) is 1. The van der Waals surface area contributed by atoms with Gasteiger partial charge in [0.05, 0.1) is 0 Å². The van der Waals surface area contributed by atoms with E-state index in [0.29, 0.717) is 18.9 Å². The van der Waals surface area contributed by atoms with E-state index in [1.54, 1.807) is 11.0 Å². The smallest absolute Gasteiger partial charge is 0.312 e. The average molecular weight is 290 g/mol. The predicted octanol–water partition coefficient (Wildman–Crippen LogP) is 1.97. The molecule has 2 atom stereocenters. The third-order valence-electron chi connectivity index (χ3n) is 4.08. The van der Waals surface area contributed by atoms with Crippen LogP contribution in [-0.4, -0.2) is 30.1 Å². The summed E-state index contributed by atoms with van der Waals surface area (Å²) in [6.07, 6.45) is 2.12. The SMILES string of the molecule is CC(CCN)CCC(=O)N1CC(C(=O)O)c2ccccc21. The Morgan fingerprint density at radius 1 is 1.38 bits per heavy atom. The first-order chi connectivity index (χ1) is 10.0. The van der Waals surface area contributed by atoms with Gasteiger partial charge in [-0.2, -0.15) is 0 Å². The molecule has 1 heterocycles. The van der Waals surface area contributed by atoms with Gasteiger partial charge in [0.15, 0.2) is 0 Å². The van der Waals surface area contributed by atoms with E-state index in [1.165, 1.54) is 0 Å². The molecule has 0 aromatic heterocycles. The van der Waals surface area contributed by atoms with E-state index in [0.717, 1.165) is 24.1 Å². The Balaban J connectivity index is 2.07. The minimum atomic E-state index is -0.880. The molecule has 1 aromatic carbocycles. The van der Waals surface area contributed by atoms with E-state index in [-0.39, 0.29) is 12.5 Å². The highest BCUT2D eigenvalue weighted by molar-refractivity contribution is 5.98. The van der Waals surface area contributed by atoms with Gasteiger partial charge in [-0.05, 0) is 36.9 Å². The van der Waals surface area contributed by atoms with Crippen LogP contribution in [0.25, 0.3) is 0 Å². The maximum atomic E-state index is 12.4. The molecule has 1 aromatic rings. The number of benzene rings is 1. The lowest BCUT2D eigenvalue weighted by atomic mass is 10.0. The number of aliphatic carboxylic acids is 1. The molecule has 114 valence electrons. The van der Waals surface area contributed by atoms with Crippen LogP contribution in [0.1, 0.15) is 37.7 Å². The molecule has 1 aliphatic rings. The van der Waals surface area contributed by atoms with Crippen molar-refractivity contribution in [1.29, 1.82) is 0 Å². The third-order valence-corrected chi connectivity index (χ3v) is 4.08. The molecular formula is C16H22N2O3. The molecule has 3 N–H and O–H groups in total. The van der Waals surface area contributed by atoms with Crippen molar-refractivity contribution in [1.82, 2.24) is 0 Å². The quantitative estimate of drug-likeness (QED) is 0.839. The maximum Gasteiger partial charge on any atom is 0.312 e. The van der Waals surface area contributed by atoms with Gasteiger partial charge in [-0.1, -0.05) is 25.1 Å². The lowest BCUT2D eigenvalue weighted by Gasteiger charge is -2.18. The van der Waals surface area contributed by atoms with Crippen molar-refractivity contribution < 1.29 is 14.7 Å². The van der Waals surface area contributed by atoms with Crippen LogP contribution in [0.3, 0.4) is 0 Å². The number of carbonyl (C=O) groups is 2. The van der Waals surface area contributed by atoms with Gasteiger partial charge in [0, 0.05) is 18.7 Å². The Morgan fingerprint density at radius 3 is 2.76 bits per heavy atom. The van der Waals surface area contributed by atoms with Gasteiger partial charge in [0.1, 0.15) is 5.92 Å². The fraction of sp³-hybridized carbons (Fsp3) is 0.500. The van der Waals surface area contributed by atoms with E-state index in [9.17, 15) is 14.7 Å². The van der Waals surface area contributed by atoms with Gasteiger partial charge >= 0.3 is 5.97 Å². The fourth-order valence-electron chi connectivity index (χ4n) is 2.79. The molecule has 0 spiro atoms. The summed E-state index contributed by atoms with van der Waals surface area (Å²) < 4.78 is 0. The molecule has 21 heavy (non-hydrogen) atoms. The van der Waals surface area contributed by atoms with Crippen LogP contribution in [0.2, 0.25) is 0 Å². The van der Waals surface area contributed by atoms with Crippen molar-refractivity contribution in [3.05, 3.63) is 29.8 Å². The van der Waals surface area contributed by atoms with Crippen LogP contribution >= 0.6 is 0 Å². The molecule has 0 radical (unpaired) electrons. The molecule has 2 rings (SSSR count). The molecular weight excluding hydrogens is 268 g/mol. The monoisotopic (exact) mass is 290 g/mol. The molecule has 5 heteroatoms. The number of nitrogens with zero attached hydrogens (tertiary/aromatic N) is 1. The van der Waals surface area contributed by atoms with Crippen LogP contribution in [-0.2, 0) is 9.59 Å². The number of para-hydroxylation sites is 1. The van der Waals surface area contributed by atoms with Crippen LogP contribution in [0.4, 0.5) is 5.69 Å². The number of anilines is 1. The molecule has 0 fully saturated rings. The maximum absolute atomic E-state index is 12.4. The number of nitrogens with two attached hydrogens (primary N) is 1. The van der Waals surface area contributed by atoms with Crippen LogP contribution in [0, 0.1) is 5.92 Å². The van der Waals surface area contributed by atoms with Crippen molar-refractivity contribution in [2.75, 3.05) is 18.0 Å². The Kier molecular flexibility index (Phi) is 4.96. The summed E-state index contributed by atoms with van der Waals surface area (Å²) in [7, 11) is 0.